The summed E-state index contributed by atoms with van der Waals surface area (Å²) in [5, 5.41) is 0. The highest BCUT2D eigenvalue weighted by atomic mass is 16.7. The molecular formula is C15H27NO4. The number of likely N-dealkylation sites (tertiary alicyclic amines) is 1. The van der Waals surface area contributed by atoms with Gasteiger partial charge in [-0.3, -0.25) is 0 Å². The van der Waals surface area contributed by atoms with Crippen LogP contribution in [0.4, 0.5) is 4.79 Å². The lowest BCUT2D eigenvalue weighted by atomic mass is 10.2. The molecule has 2 aliphatic rings. The molecule has 0 aromatic carbocycles. The Hall–Kier alpha value is -0.810. The summed E-state index contributed by atoms with van der Waals surface area (Å²) in [6.07, 6.45) is 3.78. The normalized spacial score (nSPS) is 31.4. The van der Waals surface area contributed by atoms with E-state index in [4.69, 9.17) is 14.2 Å². The predicted molar refractivity (Wildman–Crippen MR) is 75.5 cm³/mol. The molecule has 20 heavy (non-hydrogen) atoms. The third-order valence-electron chi connectivity index (χ3n) is 3.65. The van der Waals surface area contributed by atoms with Crippen molar-refractivity contribution in [2.45, 2.75) is 77.4 Å². The maximum Gasteiger partial charge on any atom is 0.410 e. The molecule has 0 bridgehead atoms. The number of amides is 1. The zero-order valence-corrected chi connectivity index (χ0v) is 13.1. The van der Waals surface area contributed by atoms with Gasteiger partial charge in [-0.15, -0.1) is 0 Å². The molecule has 5 nitrogen and oxygen atoms in total. The van der Waals surface area contributed by atoms with Crippen LogP contribution in [0.25, 0.3) is 0 Å². The van der Waals surface area contributed by atoms with Crippen LogP contribution in [-0.4, -0.2) is 48.2 Å². The molecule has 1 unspecified atom stereocenters. The van der Waals surface area contributed by atoms with E-state index in [2.05, 4.69) is 0 Å². The van der Waals surface area contributed by atoms with Crippen LogP contribution in [0.1, 0.15) is 53.4 Å². The molecule has 0 N–H and O–H groups in total. The summed E-state index contributed by atoms with van der Waals surface area (Å²) in [4.78, 5) is 13.9. The molecule has 0 aliphatic carbocycles. The molecule has 0 saturated carbocycles. The second-order valence-corrected chi connectivity index (χ2v) is 6.77. The quantitative estimate of drug-likeness (QED) is 0.782. The highest BCUT2D eigenvalue weighted by molar-refractivity contribution is 5.69. The van der Waals surface area contributed by atoms with Crippen molar-refractivity contribution in [2.75, 3.05) is 13.2 Å². The minimum atomic E-state index is -0.456. The average Bonchev–Trinajstić information content (AvgIpc) is 2.69. The van der Waals surface area contributed by atoms with Gasteiger partial charge in [0.2, 0.25) is 0 Å². The summed E-state index contributed by atoms with van der Waals surface area (Å²) < 4.78 is 17.0. The van der Waals surface area contributed by atoms with Gasteiger partial charge in [-0.25, -0.2) is 4.79 Å². The Kier molecular flexibility index (Phi) is 4.91. The standard InChI is InChI=1S/C15H27NO4/c1-11-9-12(19-13-7-5-6-8-18-13)10-16(11)14(17)20-15(2,3)4/h11-13H,5-10H2,1-4H3/t11-,12+,13?/m1/s1. The number of hydrogen-bond acceptors (Lipinski definition) is 4. The van der Waals surface area contributed by atoms with Gasteiger partial charge in [0.1, 0.15) is 5.60 Å². The van der Waals surface area contributed by atoms with Gasteiger partial charge in [0.15, 0.2) is 6.29 Å². The van der Waals surface area contributed by atoms with Gasteiger partial charge in [0, 0.05) is 12.6 Å². The fourth-order valence-electron chi connectivity index (χ4n) is 2.69. The molecule has 1 amide bonds. The van der Waals surface area contributed by atoms with Crippen molar-refractivity contribution in [1.82, 2.24) is 4.90 Å². The van der Waals surface area contributed by atoms with E-state index in [-0.39, 0.29) is 24.5 Å². The molecule has 5 heteroatoms. The fourth-order valence-corrected chi connectivity index (χ4v) is 2.69. The molecule has 2 aliphatic heterocycles. The second kappa shape index (κ2) is 6.31. The third kappa shape index (κ3) is 4.35. The van der Waals surface area contributed by atoms with Crippen molar-refractivity contribution in [3.8, 4) is 0 Å². The van der Waals surface area contributed by atoms with E-state index in [1.54, 1.807) is 4.90 Å². The van der Waals surface area contributed by atoms with Gasteiger partial charge in [-0.2, -0.15) is 0 Å². The van der Waals surface area contributed by atoms with Gasteiger partial charge in [-0.1, -0.05) is 0 Å². The van der Waals surface area contributed by atoms with Crippen LogP contribution in [0, 0.1) is 0 Å². The number of carbonyl (C=O) groups is 1. The Bertz CT molecular complexity index is 333. The molecule has 2 rings (SSSR count). The van der Waals surface area contributed by atoms with Crippen LogP contribution >= 0.6 is 0 Å². The number of rotatable bonds is 2. The Morgan fingerprint density at radius 3 is 2.65 bits per heavy atom. The molecule has 2 saturated heterocycles. The number of hydrogen-bond donors (Lipinski definition) is 0. The lowest BCUT2D eigenvalue weighted by Gasteiger charge is -2.27. The summed E-state index contributed by atoms with van der Waals surface area (Å²) in [6, 6.07) is 0.151. The first-order valence-corrected chi connectivity index (χ1v) is 7.62. The lowest BCUT2D eigenvalue weighted by Crippen LogP contribution is -2.39. The van der Waals surface area contributed by atoms with Gasteiger partial charge in [0.05, 0.1) is 12.6 Å². The molecule has 0 spiro atoms. The first-order chi connectivity index (χ1) is 9.35. The first kappa shape index (κ1) is 15.6. The molecule has 2 heterocycles. The summed E-state index contributed by atoms with van der Waals surface area (Å²) in [5.41, 5.74) is -0.456. The molecule has 116 valence electrons. The third-order valence-corrected chi connectivity index (χ3v) is 3.65. The van der Waals surface area contributed by atoms with Gasteiger partial charge in [0.25, 0.3) is 0 Å². The van der Waals surface area contributed by atoms with Crippen molar-refractivity contribution in [2.24, 2.45) is 0 Å². The zero-order chi connectivity index (χ0) is 14.8. The monoisotopic (exact) mass is 285 g/mol. The van der Waals surface area contributed by atoms with Crippen LogP contribution < -0.4 is 0 Å². The molecule has 3 atom stereocenters. The molecular weight excluding hydrogens is 258 g/mol. The maximum absolute atomic E-state index is 12.1. The topological polar surface area (TPSA) is 48.0 Å². The summed E-state index contributed by atoms with van der Waals surface area (Å²) in [7, 11) is 0. The number of carbonyl (C=O) groups excluding carboxylic acids is 1. The number of nitrogens with zero attached hydrogens (tertiary/aromatic N) is 1. The van der Waals surface area contributed by atoms with Gasteiger partial charge in [-0.05, 0) is 53.4 Å². The highest BCUT2D eigenvalue weighted by Gasteiger charge is 2.36. The van der Waals surface area contributed by atoms with Crippen LogP contribution in [0.15, 0.2) is 0 Å². The second-order valence-electron chi connectivity index (χ2n) is 6.77. The van der Waals surface area contributed by atoms with E-state index in [1.807, 2.05) is 27.7 Å². The van der Waals surface area contributed by atoms with E-state index >= 15 is 0 Å². The average molecular weight is 285 g/mol. The summed E-state index contributed by atoms with van der Waals surface area (Å²) in [6.45, 7) is 9.06. The molecule has 2 fully saturated rings. The van der Waals surface area contributed by atoms with Crippen molar-refractivity contribution < 1.29 is 19.0 Å². The van der Waals surface area contributed by atoms with Crippen molar-refractivity contribution in [3.63, 3.8) is 0 Å². The molecule has 0 aromatic heterocycles. The highest BCUT2D eigenvalue weighted by Crippen LogP contribution is 2.25. The van der Waals surface area contributed by atoms with Crippen LogP contribution in [0.5, 0.6) is 0 Å². The van der Waals surface area contributed by atoms with E-state index in [1.165, 1.54) is 0 Å². The predicted octanol–water partition coefficient (Wildman–Crippen LogP) is 2.93. The van der Waals surface area contributed by atoms with Crippen molar-refractivity contribution in [1.29, 1.82) is 0 Å². The minimum Gasteiger partial charge on any atom is -0.444 e. The van der Waals surface area contributed by atoms with E-state index in [0.29, 0.717) is 6.54 Å². The largest absolute Gasteiger partial charge is 0.444 e. The minimum absolute atomic E-state index is 0.0561. The van der Waals surface area contributed by atoms with Crippen molar-refractivity contribution >= 4 is 6.09 Å². The summed E-state index contributed by atoms with van der Waals surface area (Å²) >= 11 is 0. The van der Waals surface area contributed by atoms with E-state index in [0.717, 1.165) is 32.3 Å². The van der Waals surface area contributed by atoms with Gasteiger partial charge < -0.3 is 19.1 Å². The van der Waals surface area contributed by atoms with Crippen LogP contribution in [0.3, 0.4) is 0 Å². The summed E-state index contributed by atoms with van der Waals surface area (Å²) in [5.74, 6) is 0. The van der Waals surface area contributed by atoms with Crippen LogP contribution in [-0.2, 0) is 14.2 Å². The Labute approximate surface area is 121 Å². The SMILES string of the molecule is C[C@@H]1C[C@H](OC2CCCCO2)CN1C(=O)OC(C)(C)C. The smallest absolute Gasteiger partial charge is 0.410 e. The lowest BCUT2D eigenvalue weighted by molar-refractivity contribution is -0.185. The fraction of sp³-hybridized carbons (Fsp3) is 0.933. The Morgan fingerprint density at radius 2 is 2.05 bits per heavy atom. The van der Waals surface area contributed by atoms with Crippen LogP contribution in [0.2, 0.25) is 0 Å². The Balaban J connectivity index is 1.83. The van der Waals surface area contributed by atoms with E-state index < -0.39 is 5.60 Å². The maximum atomic E-state index is 12.1. The Morgan fingerprint density at radius 1 is 1.30 bits per heavy atom. The van der Waals surface area contributed by atoms with Gasteiger partial charge >= 0.3 is 6.09 Å². The first-order valence-electron chi connectivity index (χ1n) is 7.62. The van der Waals surface area contributed by atoms with Crippen molar-refractivity contribution in [3.05, 3.63) is 0 Å². The molecule has 0 radical (unpaired) electrons. The zero-order valence-electron chi connectivity index (χ0n) is 13.1. The number of ether oxygens (including phenoxy) is 3. The molecule has 0 aromatic rings. The van der Waals surface area contributed by atoms with E-state index in [9.17, 15) is 4.79 Å².